The van der Waals surface area contributed by atoms with Crippen molar-refractivity contribution in [3.8, 4) is 11.1 Å². The molecule has 0 bridgehead atoms. The van der Waals surface area contributed by atoms with Crippen molar-refractivity contribution < 1.29 is 33.5 Å². The number of halogens is 1. The van der Waals surface area contributed by atoms with Gasteiger partial charge in [-0.2, -0.15) is 0 Å². The minimum Gasteiger partial charge on any atom is -0.481 e. The van der Waals surface area contributed by atoms with Gasteiger partial charge in [0, 0.05) is 29.4 Å². The first-order chi connectivity index (χ1) is 15.2. The lowest BCUT2D eigenvalue weighted by molar-refractivity contribution is -0.384. The maximum Gasteiger partial charge on any atom is 0.317 e. The van der Waals surface area contributed by atoms with Gasteiger partial charge in [0.2, 0.25) is 5.91 Å². The van der Waals surface area contributed by atoms with Crippen molar-refractivity contribution >= 4 is 29.2 Å². The van der Waals surface area contributed by atoms with Gasteiger partial charge in [-0.15, -0.1) is 0 Å². The highest BCUT2D eigenvalue weighted by molar-refractivity contribution is 6.00. The van der Waals surface area contributed by atoms with Crippen LogP contribution in [0, 0.1) is 21.8 Å². The van der Waals surface area contributed by atoms with Crippen LogP contribution in [0.2, 0.25) is 0 Å². The number of amides is 1. The average Bonchev–Trinajstić information content (AvgIpc) is 3.57. The fraction of sp³-hybridized carbons (Fsp3) is 0.318. The number of non-ortho nitro benzene ring substituents is 1. The molecule has 1 unspecified atom stereocenters. The van der Waals surface area contributed by atoms with E-state index in [1.165, 1.54) is 30.3 Å². The second kappa shape index (κ2) is 8.37. The number of carbonyl (C=O) groups is 3. The number of carbonyl (C=O) groups excluding carboxylic acids is 2. The third-order valence-corrected chi connectivity index (χ3v) is 5.52. The first-order valence-corrected chi connectivity index (χ1v) is 10.0. The number of benzene rings is 2. The molecule has 1 saturated carbocycles. The normalized spacial score (nSPS) is 17.6. The number of anilines is 1. The maximum atomic E-state index is 15.0. The molecule has 2 aromatic rings. The number of hydrogen-bond acceptors (Lipinski definition) is 6. The highest BCUT2D eigenvalue weighted by Gasteiger charge is 2.42. The standard InChI is InChI=1S/C22H19FN2O7/c23-18-8-13-7-14(11-32-21(28)10-20(26)27)22(29)24(15-5-6-15)19(13)9-17(18)12-1-3-16(4-2-12)25(30)31/h1-4,8-9,14-15H,5-7,10-11H2,(H,26,27). The zero-order valence-electron chi connectivity index (χ0n) is 16.8. The van der Waals surface area contributed by atoms with E-state index in [4.69, 9.17) is 9.84 Å². The molecule has 2 aromatic carbocycles. The van der Waals surface area contributed by atoms with Gasteiger partial charge in [-0.25, -0.2) is 4.39 Å². The predicted molar refractivity (Wildman–Crippen MR) is 109 cm³/mol. The Morgan fingerprint density at radius 1 is 1.22 bits per heavy atom. The third kappa shape index (κ3) is 4.29. The molecule has 9 nitrogen and oxygen atoms in total. The van der Waals surface area contributed by atoms with Gasteiger partial charge in [-0.1, -0.05) is 0 Å². The lowest BCUT2D eigenvalue weighted by Crippen LogP contribution is -2.44. The summed E-state index contributed by atoms with van der Waals surface area (Å²) in [4.78, 5) is 47.2. The molecule has 0 aromatic heterocycles. The maximum absolute atomic E-state index is 15.0. The number of aliphatic carboxylic acids is 1. The Morgan fingerprint density at radius 2 is 1.91 bits per heavy atom. The number of ether oxygens (including phenoxy) is 1. The van der Waals surface area contributed by atoms with Crippen molar-refractivity contribution in [2.24, 2.45) is 5.92 Å². The first-order valence-electron chi connectivity index (χ1n) is 10.0. The van der Waals surface area contributed by atoms with E-state index in [2.05, 4.69) is 0 Å². The minimum atomic E-state index is -1.32. The molecule has 0 radical (unpaired) electrons. The molecular formula is C22H19FN2O7. The second-order valence-corrected chi connectivity index (χ2v) is 7.86. The summed E-state index contributed by atoms with van der Waals surface area (Å²) in [5, 5.41) is 19.5. The number of fused-ring (bicyclic) bond motifs is 1. The highest BCUT2D eigenvalue weighted by Crippen LogP contribution is 2.42. The number of nitrogens with zero attached hydrogens (tertiary/aromatic N) is 2. The Balaban J connectivity index is 1.63. The van der Waals surface area contributed by atoms with E-state index in [0.29, 0.717) is 16.8 Å². The Labute approximate surface area is 181 Å². The van der Waals surface area contributed by atoms with Crippen LogP contribution < -0.4 is 4.90 Å². The molecule has 1 atom stereocenters. The summed E-state index contributed by atoms with van der Waals surface area (Å²) in [6.07, 6.45) is 0.939. The van der Waals surface area contributed by atoms with Gasteiger partial charge in [-0.05, 0) is 54.7 Å². The van der Waals surface area contributed by atoms with Crippen LogP contribution in [-0.4, -0.2) is 40.5 Å². The zero-order valence-corrected chi connectivity index (χ0v) is 16.8. The van der Waals surface area contributed by atoms with Gasteiger partial charge in [-0.3, -0.25) is 24.5 Å². The summed E-state index contributed by atoms with van der Waals surface area (Å²) in [7, 11) is 0. The van der Waals surface area contributed by atoms with Crippen LogP contribution in [0.3, 0.4) is 0 Å². The van der Waals surface area contributed by atoms with Crippen LogP contribution in [0.4, 0.5) is 15.8 Å². The van der Waals surface area contributed by atoms with Crippen molar-refractivity contribution in [1.29, 1.82) is 0 Å². The Hall–Kier alpha value is -3.82. The van der Waals surface area contributed by atoms with Crippen LogP contribution in [0.25, 0.3) is 11.1 Å². The molecule has 0 spiro atoms. The molecule has 1 N–H and O–H groups in total. The first kappa shape index (κ1) is 21.4. The van der Waals surface area contributed by atoms with Gasteiger partial charge in [0.05, 0.1) is 10.8 Å². The third-order valence-electron chi connectivity index (χ3n) is 5.52. The molecule has 1 aliphatic heterocycles. The number of hydrogen-bond donors (Lipinski definition) is 1. The highest BCUT2D eigenvalue weighted by atomic mass is 19.1. The summed E-state index contributed by atoms with van der Waals surface area (Å²) in [6.45, 7) is -0.278. The fourth-order valence-electron chi connectivity index (χ4n) is 3.85. The molecule has 0 saturated heterocycles. The molecule has 1 amide bonds. The lowest BCUT2D eigenvalue weighted by atomic mass is 9.89. The monoisotopic (exact) mass is 442 g/mol. The van der Waals surface area contributed by atoms with Gasteiger partial charge < -0.3 is 14.7 Å². The SMILES string of the molecule is O=C(O)CC(=O)OCC1Cc2cc(F)c(-c3ccc([N+](=O)[O-])cc3)cc2N(C2CC2)C1=O. The van der Waals surface area contributed by atoms with E-state index in [1.54, 1.807) is 11.0 Å². The summed E-state index contributed by atoms with van der Waals surface area (Å²) >= 11 is 0. The number of carboxylic acid groups (broad SMARTS) is 1. The average molecular weight is 442 g/mol. The van der Waals surface area contributed by atoms with Crippen LogP contribution in [0.1, 0.15) is 24.8 Å². The molecule has 166 valence electrons. The topological polar surface area (TPSA) is 127 Å². The molecule has 2 aliphatic rings. The largest absolute Gasteiger partial charge is 0.481 e. The van der Waals surface area contributed by atoms with E-state index in [9.17, 15) is 28.9 Å². The Morgan fingerprint density at radius 3 is 2.50 bits per heavy atom. The molecule has 1 aliphatic carbocycles. The van der Waals surface area contributed by atoms with Gasteiger partial charge in [0.25, 0.3) is 5.69 Å². The number of esters is 1. The minimum absolute atomic E-state index is 0.0334. The molecule has 32 heavy (non-hydrogen) atoms. The number of rotatable bonds is 7. The van der Waals surface area contributed by atoms with E-state index >= 15 is 0 Å². The molecule has 1 heterocycles. The summed E-state index contributed by atoms with van der Waals surface area (Å²) in [5.41, 5.74) is 1.72. The van der Waals surface area contributed by atoms with Crippen LogP contribution in [-0.2, 0) is 25.5 Å². The van der Waals surface area contributed by atoms with Crippen molar-refractivity contribution in [1.82, 2.24) is 0 Å². The van der Waals surface area contributed by atoms with Crippen molar-refractivity contribution in [2.75, 3.05) is 11.5 Å². The van der Waals surface area contributed by atoms with Gasteiger partial charge in [0.1, 0.15) is 18.8 Å². The smallest absolute Gasteiger partial charge is 0.317 e. The van der Waals surface area contributed by atoms with E-state index in [-0.39, 0.29) is 36.2 Å². The van der Waals surface area contributed by atoms with Gasteiger partial charge >= 0.3 is 11.9 Å². The van der Waals surface area contributed by atoms with Crippen LogP contribution >= 0.6 is 0 Å². The van der Waals surface area contributed by atoms with E-state index in [1.807, 2.05) is 0 Å². The van der Waals surface area contributed by atoms with Crippen molar-refractivity contribution in [3.05, 3.63) is 57.9 Å². The van der Waals surface area contributed by atoms with Crippen molar-refractivity contribution in [3.63, 3.8) is 0 Å². The van der Waals surface area contributed by atoms with Crippen molar-refractivity contribution in [2.45, 2.75) is 31.7 Å². The zero-order chi connectivity index (χ0) is 23.0. The summed E-state index contributed by atoms with van der Waals surface area (Å²) in [5.74, 6) is -3.79. The number of carboxylic acids is 1. The molecular weight excluding hydrogens is 423 g/mol. The van der Waals surface area contributed by atoms with Crippen LogP contribution in [0.15, 0.2) is 36.4 Å². The summed E-state index contributed by atoms with van der Waals surface area (Å²) < 4.78 is 19.9. The van der Waals surface area contributed by atoms with E-state index in [0.717, 1.165) is 12.8 Å². The quantitative estimate of drug-likeness (QED) is 0.302. The fourth-order valence-corrected chi connectivity index (χ4v) is 3.85. The molecule has 4 rings (SSSR count). The van der Waals surface area contributed by atoms with Crippen LogP contribution in [0.5, 0.6) is 0 Å². The Kier molecular flexibility index (Phi) is 5.60. The Bertz CT molecular complexity index is 1110. The lowest BCUT2D eigenvalue weighted by Gasteiger charge is -2.34. The number of nitro benzene ring substituents is 1. The number of nitro groups is 1. The summed E-state index contributed by atoms with van der Waals surface area (Å²) in [6, 6.07) is 8.38. The van der Waals surface area contributed by atoms with Gasteiger partial charge in [0.15, 0.2) is 0 Å². The molecule has 1 fully saturated rings. The van der Waals surface area contributed by atoms with E-state index < -0.39 is 35.0 Å². The molecule has 10 heteroatoms. The predicted octanol–water partition coefficient (Wildman–Crippen LogP) is 3.09. The second-order valence-electron chi connectivity index (χ2n) is 7.86.